The van der Waals surface area contributed by atoms with Crippen LogP contribution in [0.15, 0.2) is 0 Å². The topological polar surface area (TPSA) is 57.1 Å². The summed E-state index contributed by atoms with van der Waals surface area (Å²) < 4.78 is 8.16. The minimum absolute atomic E-state index is 0.0225. The molecule has 0 saturated heterocycles. The van der Waals surface area contributed by atoms with Crippen LogP contribution in [0.3, 0.4) is 0 Å². The molecule has 0 aliphatic rings. The van der Waals surface area contributed by atoms with Gasteiger partial charge in [-0.2, -0.15) is 9.97 Å². The summed E-state index contributed by atoms with van der Waals surface area (Å²) >= 11 is 22.0. The zero-order valence-electron chi connectivity index (χ0n) is 7.38. The molecule has 0 atom stereocenters. The number of aromatic nitrogens is 3. The van der Waals surface area contributed by atoms with Crippen molar-refractivity contribution in [2.24, 2.45) is 0 Å². The summed E-state index contributed by atoms with van der Waals surface area (Å²) in [6.07, 6.45) is 0. The monoisotopic (exact) mass is 291 g/mol. The fourth-order valence-corrected chi connectivity index (χ4v) is 0.925. The van der Waals surface area contributed by atoms with Crippen LogP contribution in [-0.4, -0.2) is 32.5 Å². The molecule has 0 spiro atoms. The van der Waals surface area contributed by atoms with Crippen LogP contribution in [0, 0.1) is 0 Å². The summed E-state index contributed by atoms with van der Waals surface area (Å²) in [4.78, 5) is 11.0. The predicted molar refractivity (Wildman–Crippen MR) is 57.2 cm³/mol. The number of alkyl halides is 3. The van der Waals surface area contributed by atoms with Gasteiger partial charge in [-0.1, -0.05) is 34.8 Å². The lowest BCUT2D eigenvalue weighted by Gasteiger charge is -2.11. The number of rotatable bonds is 3. The van der Waals surface area contributed by atoms with Gasteiger partial charge in [-0.05, 0) is 11.6 Å². The van der Waals surface area contributed by atoms with Crippen molar-refractivity contribution in [3.8, 4) is 12.0 Å². The Morgan fingerprint density at radius 2 is 1.73 bits per heavy atom. The highest BCUT2D eigenvalue weighted by Crippen LogP contribution is 2.26. The van der Waals surface area contributed by atoms with Gasteiger partial charge in [-0.25, -0.2) is 0 Å². The summed E-state index contributed by atoms with van der Waals surface area (Å²) in [6.45, 7) is -0.207. The molecule has 5 nitrogen and oxygen atoms in total. The SMILES string of the molecule is COc1nc(Cl)nc(OCC(Cl)(Cl)Cl)n1. The quantitative estimate of drug-likeness (QED) is 0.800. The van der Waals surface area contributed by atoms with Gasteiger partial charge >= 0.3 is 12.0 Å². The van der Waals surface area contributed by atoms with Crippen LogP contribution in [0.4, 0.5) is 0 Å². The lowest BCUT2D eigenvalue weighted by Crippen LogP contribution is -2.17. The van der Waals surface area contributed by atoms with E-state index in [1.54, 1.807) is 0 Å². The Hall–Kier alpha value is -0.230. The van der Waals surface area contributed by atoms with Crippen molar-refractivity contribution in [3.63, 3.8) is 0 Å². The summed E-state index contributed by atoms with van der Waals surface area (Å²) in [7, 11) is 1.38. The highest BCUT2D eigenvalue weighted by molar-refractivity contribution is 6.67. The standard InChI is InChI=1S/C6H5Cl4N3O2/c1-14-4-11-3(7)12-5(13-4)15-2-6(8,9)10/h2H2,1H3. The number of nitrogens with zero attached hydrogens (tertiary/aromatic N) is 3. The van der Waals surface area contributed by atoms with Crippen molar-refractivity contribution < 1.29 is 9.47 Å². The van der Waals surface area contributed by atoms with E-state index in [0.717, 1.165) is 0 Å². The molecule has 1 rings (SSSR count). The molecule has 0 fully saturated rings. The molecule has 0 unspecified atom stereocenters. The normalized spacial score (nSPS) is 11.3. The second-order valence-electron chi connectivity index (χ2n) is 2.28. The Kier molecular flexibility index (Phi) is 4.45. The highest BCUT2D eigenvalue weighted by atomic mass is 35.6. The smallest absolute Gasteiger partial charge is 0.324 e. The summed E-state index contributed by atoms with van der Waals surface area (Å²) in [6, 6.07) is -0.0486. The van der Waals surface area contributed by atoms with Gasteiger partial charge in [-0.3, -0.25) is 0 Å². The van der Waals surface area contributed by atoms with Crippen molar-refractivity contribution in [2.75, 3.05) is 13.7 Å². The second-order valence-corrected chi connectivity index (χ2v) is 5.13. The first-order valence-electron chi connectivity index (χ1n) is 3.56. The van der Waals surface area contributed by atoms with Crippen LogP contribution < -0.4 is 9.47 Å². The minimum Gasteiger partial charge on any atom is -0.467 e. The molecule has 0 bridgehead atoms. The molecule has 1 heterocycles. The van der Waals surface area contributed by atoms with E-state index in [9.17, 15) is 0 Å². The van der Waals surface area contributed by atoms with E-state index in [4.69, 9.17) is 55.9 Å². The van der Waals surface area contributed by atoms with Gasteiger partial charge in [0.05, 0.1) is 7.11 Å². The van der Waals surface area contributed by atoms with E-state index in [1.165, 1.54) is 7.11 Å². The van der Waals surface area contributed by atoms with Crippen molar-refractivity contribution >= 4 is 46.4 Å². The third-order valence-corrected chi connectivity index (χ3v) is 1.61. The first-order chi connectivity index (χ1) is 6.90. The molecule has 0 aliphatic carbocycles. The van der Waals surface area contributed by atoms with Gasteiger partial charge in [0.2, 0.25) is 9.08 Å². The molecule has 0 amide bonds. The Balaban J connectivity index is 2.73. The van der Waals surface area contributed by atoms with Crippen molar-refractivity contribution in [3.05, 3.63) is 5.28 Å². The van der Waals surface area contributed by atoms with Gasteiger partial charge in [0.15, 0.2) is 0 Å². The van der Waals surface area contributed by atoms with Crippen molar-refractivity contribution in [1.82, 2.24) is 15.0 Å². The lowest BCUT2D eigenvalue weighted by molar-refractivity contribution is 0.286. The van der Waals surface area contributed by atoms with Gasteiger partial charge in [0, 0.05) is 0 Å². The number of methoxy groups -OCH3 is 1. The van der Waals surface area contributed by atoms with Crippen LogP contribution in [0.5, 0.6) is 12.0 Å². The van der Waals surface area contributed by atoms with Gasteiger partial charge in [0.1, 0.15) is 6.61 Å². The summed E-state index contributed by atoms with van der Waals surface area (Å²) in [5.74, 6) is 0. The first-order valence-corrected chi connectivity index (χ1v) is 5.07. The Morgan fingerprint density at radius 3 is 2.27 bits per heavy atom. The molecule has 9 heteroatoms. The fourth-order valence-electron chi connectivity index (χ4n) is 0.617. The number of hydrogen-bond donors (Lipinski definition) is 0. The molecule has 84 valence electrons. The maximum Gasteiger partial charge on any atom is 0.324 e. The molecule has 15 heavy (non-hydrogen) atoms. The van der Waals surface area contributed by atoms with E-state index in [1.807, 2.05) is 0 Å². The van der Waals surface area contributed by atoms with E-state index in [-0.39, 0.29) is 23.9 Å². The van der Waals surface area contributed by atoms with Crippen LogP contribution in [0.2, 0.25) is 5.28 Å². The van der Waals surface area contributed by atoms with Crippen molar-refractivity contribution in [2.45, 2.75) is 3.79 Å². The molecule has 0 saturated carbocycles. The lowest BCUT2D eigenvalue weighted by atomic mass is 10.8. The number of ether oxygens (including phenoxy) is 2. The van der Waals surface area contributed by atoms with Crippen LogP contribution >= 0.6 is 46.4 Å². The van der Waals surface area contributed by atoms with Crippen LogP contribution in [-0.2, 0) is 0 Å². The Bertz CT molecular complexity index is 344. The highest BCUT2D eigenvalue weighted by Gasteiger charge is 2.21. The third-order valence-electron chi connectivity index (χ3n) is 1.11. The maximum atomic E-state index is 5.56. The molecule has 0 aromatic carbocycles. The Labute approximate surface area is 106 Å². The molecule has 0 N–H and O–H groups in total. The second kappa shape index (κ2) is 5.21. The van der Waals surface area contributed by atoms with E-state index < -0.39 is 3.79 Å². The third kappa shape index (κ3) is 4.88. The number of halogens is 4. The summed E-state index contributed by atoms with van der Waals surface area (Å²) in [5.41, 5.74) is 0. The van der Waals surface area contributed by atoms with Crippen LogP contribution in [0.25, 0.3) is 0 Å². The van der Waals surface area contributed by atoms with Gasteiger partial charge < -0.3 is 9.47 Å². The molecule has 1 aromatic rings. The molecule has 1 aromatic heterocycles. The zero-order chi connectivity index (χ0) is 11.5. The minimum atomic E-state index is -1.55. The molecular formula is C6H5Cl4N3O2. The van der Waals surface area contributed by atoms with Gasteiger partial charge in [-0.15, -0.1) is 4.98 Å². The Morgan fingerprint density at radius 1 is 1.13 bits per heavy atom. The van der Waals surface area contributed by atoms with Crippen LogP contribution in [0.1, 0.15) is 0 Å². The summed E-state index contributed by atoms with van der Waals surface area (Å²) in [5, 5.41) is -0.0684. The van der Waals surface area contributed by atoms with E-state index in [2.05, 4.69) is 15.0 Å². The molecular weight excluding hydrogens is 288 g/mol. The largest absolute Gasteiger partial charge is 0.467 e. The van der Waals surface area contributed by atoms with Gasteiger partial charge in [0.25, 0.3) is 0 Å². The predicted octanol–water partition coefficient (Wildman–Crippen LogP) is 2.28. The van der Waals surface area contributed by atoms with E-state index in [0.29, 0.717) is 0 Å². The molecule has 0 radical (unpaired) electrons. The van der Waals surface area contributed by atoms with E-state index >= 15 is 0 Å². The van der Waals surface area contributed by atoms with Crippen molar-refractivity contribution in [1.29, 1.82) is 0 Å². The maximum absolute atomic E-state index is 5.56. The number of hydrogen-bond acceptors (Lipinski definition) is 5. The molecule has 0 aliphatic heterocycles. The average molecular weight is 293 g/mol. The zero-order valence-corrected chi connectivity index (χ0v) is 10.4. The average Bonchev–Trinajstić information content (AvgIpc) is 2.13. The first kappa shape index (κ1) is 12.8. The fraction of sp³-hybridized carbons (Fsp3) is 0.500.